The number of aromatic nitrogens is 4. The fraction of sp³-hybridized carbons (Fsp3) is 0.227. The van der Waals surface area contributed by atoms with Crippen molar-refractivity contribution in [3.63, 3.8) is 0 Å². The van der Waals surface area contributed by atoms with E-state index in [1.165, 1.54) is 6.07 Å². The largest absolute Gasteiger partial charge is 0.340 e. The van der Waals surface area contributed by atoms with E-state index in [9.17, 15) is 9.18 Å². The summed E-state index contributed by atoms with van der Waals surface area (Å²) >= 11 is 0. The predicted octanol–water partition coefficient (Wildman–Crippen LogP) is 4.58. The van der Waals surface area contributed by atoms with E-state index in [2.05, 4.69) is 15.4 Å². The SMILES string of the molecule is O=c1c(F)cc2cnc(Nc3ccc(-n4cccn4)cc3)cc2n1C1CCCC1. The molecule has 1 aromatic carbocycles. The van der Waals surface area contributed by atoms with Crippen LogP contribution in [0.15, 0.2) is 65.8 Å². The van der Waals surface area contributed by atoms with E-state index in [1.807, 2.05) is 42.6 Å². The Kier molecular flexibility index (Phi) is 4.35. The maximum absolute atomic E-state index is 14.2. The van der Waals surface area contributed by atoms with Crippen LogP contribution in [0.5, 0.6) is 0 Å². The Morgan fingerprint density at radius 2 is 1.90 bits per heavy atom. The van der Waals surface area contributed by atoms with Crippen LogP contribution in [0.4, 0.5) is 15.9 Å². The van der Waals surface area contributed by atoms with Crippen LogP contribution in [-0.4, -0.2) is 19.3 Å². The number of pyridine rings is 2. The fourth-order valence-corrected chi connectivity index (χ4v) is 4.06. The van der Waals surface area contributed by atoms with Crippen LogP contribution >= 0.6 is 0 Å². The quantitative estimate of drug-likeness (QED) is 0.555. The van der Waals surface area contributed by atoms with Gasteiger partial charge >= 0.3 is 0 Å². The first-order valence-electron chi connectivity index (χ1n) is 9.77. The molecule has 29 heavy (non-hydrogen) atoms. The molecule has 5 rings (SSSR count). The summed E-state index contributed by atoms with van der Waals surface area (Å²) in [5.74, 6) is -0.108. The molecular weight excluding hydrogens is 369 g/mol. The number of halogens is 1. The molecule has 6 nitrogen and oxygen atoms in total. The zero-order valence-corrected chi connectivity index (χ0v) is 15.8. The number of rotatable bonds is 4. The Morgan fingerprint density at radius 3 is 2.62 bits per heavy atom. The molecule has 1 saturated carbocycles. The Morgan fingerprint density at radius 1 is 1.10 bits per heavy atom. The molecule has 0 amide bonds. The monoisotopic (exact) mass is 389 g/mol. The first kappa shape index (κ1) is 17.6. The third-order valence-corrected chi connectivity index (χ3v) is 5.48. The molecule has 4 aromatic rings. The van der Waals surface area contributed by atoms with Crippen LogP contribution in [-0.2, 0) is 0 Å². The van der Waals surface area contributed by atoms with Crippen LogP contribution < -0.4 is 10.9 Å². The molecule has 1 aliphatic rings. The molecule has 0 unspecified atom stereocenters. The topological polar surface area (TPSA) is 64.7 Å². The van der Waals surface area contributed by atoms with E-state index in [1.54, 1.807) is 21.6 Å². The fourth-order valence-electron chi connectivity index (χ4n) is 4.06. The van der Waals surface area contributed by atoms with Gasteiger partial charge < -0.3 is 9.88 Å². The van der Waals surface area contributed by atoms with Crippen LogP contribution in [0, 0.1) is 5.82 Å². The van der Waals surface area contributed by atoms with Crippen LogP contribution in [0.1, 0.15) is 31.7 Å². The standard InChI is InChI=1S/C22H20FN5O/c23-19-12-15-14-24-21(13-20(15)28(22(19)29)18-4-1-2-5-18)26-16-6-8-17(9-7-16)27-11-3-10-25-27/h3,6-14,18H,1-2,4-5H2,(H,24,26). The van der Waals surface area contributed by atoms with Gasteiger partial charge in [-0.2, -0.15) is 5.10 Å². The lowest BCUT2D eigenvalue weighted by Gasteiger charge is -2.17. The predicted molar refractivity (Wildman–Crippen MR) is 110 cm³/mol. The average molecular weight is 389 g/mol. The third-order valence-electron chi connectivity index (χ3n) is 5.48. The van der Waals surface area contributed by atoms with Gasteiger partial charge in [-0.05, 0) is 49.2 Å². The highest BCUT2D eigenvalue weighted by Crippen LogP contribution is 2.31. The number of hydrogen-bond acceptors (Lipinski definition) is 4. The van der Waals surface area contributed by atoms with E-state index in [-0.39, 0.29) is 6.04 Å². The average Bonchev–Trinajstić information content (AvgIpc) is 3.44. The number of hydrogen-bond donors (Lipinski definition) is 1. The van der Waals surface area contributed by atoms with Crippen molar-refractivity contribution < 1.29 is 4.39 Å². The Bertz CT molecular complexity index is 1210. The molecule has 3 aromatic heterocycles. The molecule has 1 aliphatic carbocycles. The van der Waals surface area contributed by atoms with Crippen molar-refractivity contribution >= 4 is 22.4 Å². The highest BCUT2D eigenvalue weighted by molar-refractivity contribution is 5.81. The van der Waals surface area contributed by atoms with Gasteiger partial charge in [0.25, 0.3) is 5.56 Å². The van der Waals surface area contributed by atoms with Gasteiger partial charge in [-0.1, -0.05) is 12.8 Å². The zero-order chi connectivity index (χ0) is 19.8. The van der Waals surface area contributed by atoms with Crippen molar-refractivity contribution in [1.82, 2.24) is 19.3 Å². The van der Waals surface area contributed by atoms with E-state index >= 15 is 0 Å². The molecule has 146 valence electrons. The Balaban J connectivity index is 1.50. The van der Waals surface area contributed by atoms with Crippen molar-refractivity contribution in [3.05, 3.63) is 77.2 Å². The lowest BCUT2D eigenvalue weighted by molar-refractivity contribution is 0.492. The van der Waals surface area contributed by atoms with Crippen molar-refractivity contribution in [2.75, 3.05) is 5.32 Å². The molecule has 0 aliphatic heterocycles. The minimum atomic E-state index is -0.721. The van der Waals surface area contributed by atoms with Crippen molar-refractivity contribution in [2.45, 2.75) is 31.7 Å². The molecule has 3 heterocycles. The molecule has 0 spiro atoms. The van der Waals surface area contributed by atoms with E-state index in [0.717, 1.165) is 37.1 Å². The van der Waals surface area contributed by atoms with Gasteiger partial charge in [-0.3, -0.25) is 4.79 Å². The molecule has 0 saturated heterocycles. The highest BCUT2D eigenvalue weighted by atomic mass is 19.1. The van der Waals surface area contributed by atoms with Gasteiger partial charge in [0.05, 0.1) is 11.2 Å². The molecule has 0 bridgehead atoms. The number of nitrogens with one attached hydrogen (secondary N) is 1. The Hall–Kier alpha value is -3.48. The smallest absolute Gasteiger partial charge is 0.287 e. The van der Waals surface area contributed by atoms with Gasteiger partial charge in [-0.15, -0.1) is 0 Å². The third kappa shape index (κ3) is 3.29. The van der Waals surface area contributed by atoms with Crippen molar-refractivity contribution in [3.8, 4) is 5.69 Å². The molecule has 1 fully saturated rings. The molecule has 7 heteroatoms. The number of fused-ring (bicyclic) bond motifs is 1. The molecule has 0 atom stereocenters. The van der Waals surface area contributed by atoms with Crippen molar-refractivity contribution in [2.24, 2.45) is 0 Å². The maximum Gasteiger partial charge on any atom is 0.287 e. The number of nitrogens with zero attached hydrogens (tertiary/aromatic N) is 4. The van der Waals surface area contributed by atoms with Gasteiger partial charge in [-0.25, -0.2) is 14.1 Å². The Labute approximate surface area is 166 Å². The molecule has 0 radical (unpaired) electrons. The summed E-state index contributed by atoms with van der Waals surface area (Å²) in [6, 6.07) is 12.8. The second-order valence-electron chi connectivity index (χ2n) is 7.36. The lowest BCUT2D eigenvalue weighted by atomic mass is 10.2. The highest BCUT2D eigenvalue weighted by Gasteiger charge is 2.22. The first-order chi connectivity index (χ1) is 14.2. The van der Waals surface area contributed by atoms with Gasteiger partial charge in [0, 0.05) is 41.8 Å². The van der Waals surface area contributed by atoms with Crippen molar-refractivity contribution in [1.29, 1.82) is 0 Å². The van der Waals surface area contributed by atoms with Gasteiger partial charge in [0.2, 0.25) is 0 Å². The summed E-state index contributed by atoms with van der Waals surface area (Å²) in [6.07, 6.45) is 9.16. The molecule has 1 N–H and O–H groups in total. The zero-order valence-electron chi connectivity index (χ0n) is 15.8. The summed E-state index contributed by atoms with van der Waals surface area (Å²) in [5.41, 5.74) is 1.99. The minimum absolute atomic E-state index is 0.0457. The summed E-state index contributed by atoms with van der Waals surface area (Å²) < 4.78 is 17.6. The number of benzene rings is 1. The van der Waals surface area contributed by atoms with E-state index in [4.69, 9.17) is 0 Å². The second-order valence-corrected chi connectivity index (χ2v) is 7.36. The second kappa shape index (κ2) is 7.16. The molecular formula is C22H20FN5O. The van der Waals surface area contributed by atoms with Gasteiger partial charge in [0.15, 0.2) is 5.82 Å². The normalized spacial score (nSPS) is 14.5. The first-order valence-corrected chi connectivity index (χ1v) is 9.77. The minimum Gasteiger partial charge on any atom is -0.340 e. The van der Waals surface area contributed by atoms with Gasteiger partial charge in [0.1, 0.15) is 5.82 Å². The van der Waals surface area contributed by atoms with Crippen LogP contribution in [0.3, 0.4) is 0 Å². The summed E-state index contributed by atoms with van der Waals surface area (Å²) in [6.45, 7) is 0. The van der Waals surface area contributed by atoms with Crippen LogP contribution in [0.25, 0.3) is 16.6 Å². The summed E-state index contributed by atoms with van der Waals surface area (Å²) in [7, 11) is 0. The lowest BCUT2D eigenvalue weighted by Crippen LogP contribution is -2.26. The number of anilines is 2. The van der Waals surface area contributed by atoms with E-state index in [0.29, 0.717) is 16.7 Å². The van der Waals surface area contributed by atoms with E-state index < -0.39 is 11.4 Å². The summed E-state index contributed by atoms with van der Waals surface area (Å²) in [4.78, 5) is 16.9. The summed E-state index contributed by atoms with van der Waals surface area (Å²) in [5, 5.41) is 8.12. The maximum atomic E-state index is 14.2. The van der Waals surface area contributed by atoms with Crippen LogP contribution in [0.2, 0.25) is 0 Å².